The minimum Gasteiger partial charge on any atom is -0.496 e. The van der Waals surface area contributed by atoms with Gasteiger partial charge in [-0.2, -0.15) is 0 Å². The highest BCUT2D eigenvalue weighted by Crippen LogP contribution is 2.68. The molecule has 2 aromatic carbocycles. The molecule has 1 spiro atoms. The maximum atomic E-state index is 14.5. The summed E-state index contributed by atoms with van der Waals surface area (Å²) < 4.78 is 30.5. The number of para-hydroxylation sites is 1. The van der Waals surface area contributed by atoms with Gasteiger partial charge in [-0.05, 0) is 80.8 Å². The van der Waals surface area contributed by atoms with Crippen LogP contribution in [0.5, 0.6) is 5.75 Å². The number of aliphatic hydroxyl groups is 1. The fourth-order valence-electron chi connectivity index (χ4n) is 14.8. The van der Waals surface area contributed by atoms with Gasteiger partial charge in [0.2, 0.25) is 5.60 Å². The Hall–Kier alpha value is -4.73. The van der Waals surface area contributed by atoms with Crippen molar-refractivity contribution in [2.24, 2.45) is 11.3 Å². The Morgan fingerprint density at radius 1 is 1.00 bits per heavy atom. The summed E-state index contributed by atoms with van der Waals surface area (Å²) >= 11 is 0. The quantitative estimate of drug-likeness (QED) is 0.152. The van der Waals surface area contributed by atoms with Gasteiger partial charge in [-0.25, -0.2) is 4.79 Å². The van der Waals surface area contributed by atoms with Crippen molar-refractivity contribution in [3.05, 3.63) is 82.6 Å². The zero-order chi connectivity index (χ0) is 46.4. The molecule has 3 aromatic rings. The Morgan fingerprint density at radius 2 is 1.80 bits per heavy atom. The van der Waals surface area contributed by atoms with Crippen molar-refractivity contribution in [3.63, 3.8) is 0 Å². The van der Waals surface area contributed by atoms with Gasteiger partial charge in [-0.1, -0.05) is 55.8 Å². The first-order chi connectivity index (χ1) is 31.8. The Morgan fingerprint density at radius 3 is 2.52 bits per heavy atom. The number of likely N-dealkylation sites (N-methyl/N-ethyl adjacent to an activating group) is 1. The number of carbonyl (C=O) groups excluding carboxylic acids is 3. The highest BCUT2D eigenvalue weighted by Gasteiger charge is 2.80. The Bertz CT molecular complexity index is 2490. The van der Waals surface area contributed by atoms with Crippen molar-refractivity contribution in [1.29, 1.82) is 0 Å². The van der Waals surface area contributed by atoms with E-state index in [4.69, 9.17) is 23.7 Å². The standard InChI is InChI=1S/C52H67N5O9/c1-9-31-23-32-28-57(27-31)33(29-56-20-13-17-39(56)45(59)64-7)24-35-34-15-11-12-16-38(34)53-43(35)44(63-6)42(32)36-25-37-40(26-41(36)62-5)54(4)47-51(37)19-22-55-21-14-18-50(10-2,46(51)55)48(66-30(3)58)52(47,61)49(60)65-8/h11-12,14-16,18,23,25-26,32-33,39,42,44,46-48,53,61H,9-10,13,17,19-22,24,27-29H2,1-8H3/t32-,33+,39+,42-,44-,46+,47-,48-,50-,51-,52+/m1/s1. The smallest absolute Gasteiger partial charge is 0.344 e. The summed E-state index contributed by atoms with van der Waals surface area (Å²) in [6.45, 7) is 10.2. The Labute approximate surface area is 388 Å². The number of anilines is 1. The normalized spacial score (nSPS) is 35.7. The lowest BCUT2D eigenvalue weighted by molar-refractivity contribution is -0.228. The van der Waals surface area contributed by atoms with E-state index in [-0.39, 0.29) is 35.9 Å². The number of esters is 3. The second-order valence-corrected chi connectivity index (χ2v) is 20.0. The number of nitrogens with one attached hydrogen (secondary N) is 1. The van der Waals surface area contributed by atoms with Crippen LogP contribution in [0.4, 0.5) is 5.69 Å². The van der Waals surface area contributed by atoms with Crippen LogP contribution >= 0.6 is 0 Å². The fourth-order valence-corrected chi connectivity index (χ4v) is 14.8. The molecule has 6 aliphatic heterocycles. The number of likely N-dealkylation sites (tertiary alicyclic amines) is 1. The van der Waals surface area contributed by atoms with Crippen molar-refractivity contribution >= 4 is 34.5 Å². The molecule has 7 aliphatic rings. The number of aromatic amines is 1. The first-order valence-electron chi connectivity index (χ1n) is 24.1. The molecule has 1 aromatic heterocycles. The SMILES string of the molecule is CCC1=C[C@@H]2CN(C1)[C@H](CN1CCC[C@H]1C(=O)OC)Cc1c([nH]c3ccccc13)[C@H](OC)[C@H]2c1cc2c(cc1OC)N(C)[C@H]1[C@@](O)(C(=O)OC)[C@H](OC(C)=O)[C@]3(CC)C=CCN4CC[C@]21[C@@H]43. The topological polar surface area (TPSA) is 146 Å². The number of hydrogen-bond donors (Lipinski definition) is 2. The van der Waals surface area contributed by atoms with Crippen LogP contribution in [0.15, 0.2) is 60.2 Å². The van der Waals surface area contributed by atoms with Crippen LogP contribution < -0.4 is 9.64 Å². The Kier molecular flexibility index (Phi) is 11.5. The highest BCUT2D eigenvalue weighted by molar-refractivity contribution is 5.88. The van der Waals surface area contributed by atoms with E-state index in [0.717, 1.165) is 91.8 Å². The van der Waals surface area contributed by atoms with Gasteiger partial charge < -0.3 is 38.7 Å². The zero-order valence-electron chi connectivity index (χ0n) is 39.8. The third kappa shape index (κ3) is 6.33. The van der Waals surface area contributed by atoms with E-state index in [1.807, 2.05) is 19.1 Å². The third-order valence-corrected chi connectivity index (χ3v) is 17.3. The van der Waals surface area contributed by atoms with Gasteiger partial charge in [0.25, 0.3) is 0 Å². The van der Waals surface area contributed by atoms with E-state index >= 15 is 0 Å². The van der Waals surface area contributed by atoms with Crippen molar-refractivity contribution in [2.75, 3.05) is 79.7 Å². The Balaban J connectivity index is 1.19. The third-order valence-electron chi connectivity index (χ3n) is 17.3. The minimum absolute atomic E-state index is 0.0213. The predicted molar refractivity (Wildman–Crippen MR) is 250 cm³/mol. The summed E-state index contributed by atoms with van der Waals surface area (Å²) in [7, 11) is 8.25. The molecule has 2 bridgehead atoms. The predicted octanol–water partition coefficient (Wildman–Crippen LogP) is 5.42. The average Bonchev–Trinajstić information content (AvgIpc) is 4.11. The monoisotopic (exact) mass is 905 g/mol. The van der Waals surface area contributed by atoms with Gasteiger partial charge in [0.15, 0.2) is 6.10 Å². The molecule has 0 amide bonds. The number of aromatic nitrogens is 1. The molecular weight excluding hydrogens is 839 g/mol. The van der Waals surface area contributed by atoms with E-state index in [2.05, 4.69) is 88.2 Å². The molecule has 1 unspecified atom stereocenters. The van der Waals surface area contributed by atoms with Gasteiger partial charge in [0.1, 0.15) is 17.9 Å². The van der Waals surface area contributed by atoms with E-state index in [1.165, 1.54) is 32.3 Å². The molecular formula is C52H67N5O9. The van der Waals surface area contributed by atoms with Crippen LogP contribution in [0.3, 0.4) is 0 Å². The molecule has 1 saturated carbocycles. The molecule has 0 radical (unpaired) electrons. The summed E-state index contributed by atoms with van der Waals surface area (Å²) in [5.74, 6) is -1.14. The summed E-state index contributed by atoms with van der Waals surface area (Å²) in [5.41, 5.74) is 3.59. The van der Waals surface area contributed by atoms with Crippen LogP contribution in [0.1, 0.15) is 87.3 Å². The van der Waals surface area contributed by atoms with Gasteiger partial charge in [-0.15, -0.1) is 0 Å². The number of nitrogens with zero attached hydrogens (tertiary/aromatic N) is 4. The van der Waals surface area contributed by atoms with Crippen LogP contribution in [0.25, 0.3) is 10.9 Å². The number of rotatable bonds is 10. The van der Waals surface area contributed by atoms with E-state index in [9.17, 15) is 19.5 Å². The minimum atomic E-state index is -2.24. The molecule has 2 N–H and O–H groups in total. The first kappa shape index (κ1) is 45.1. The van der Waals surface area contributed by atoms with Crippen LogP contribution in [0, 0.1) is 11.3 Å². The average molecular weight is 906 g/mol. The molecule has 354 valence electrons. The number of H-pyrrole nitrogens is 1. The summed E-state index contributed by atoms with van der Waals surface area (Å²) in [6.07, 6.45) is 9.61. The van der Waals surface area contributed by atoms with Crippen molar-refractivity contribution in [2.45, 2.75) is 113 Å². The molecule has 1 aliphatic carbocycles. The summed E-state index contributed by atoms with van der Waals surface area (Å²) in [6, 6.07) is 11.7. The summed E-state index contributed by atoms with van der Waals surface area (Å²) in [5, 5.41) is 14.6. The molecule has 12 atom stereocenters. The largest absolute Gasteiger partial charge is 0.496 e. The molecule has 7 heterocycles. The molecule has 2 saturated heterocycles. The van der Waals surface area contributed by atoms with Crippen LogP contribution in [0.2, 0.25) is 0 Å². The summed E-state index contributed by atoms with van der Waals surface area (Å²) in [4.78, 5) is 54.1. The van der Waals surface area contributed by atoms with E-state index in [0.29, 0.717) is 25.1 Å². The number of fused-ring (bicyclic) bond motifs is 6. The van der Waals surface area contributed by atoms with Crippen molar-refractivity contribution in [3.8, 4) is 5.75 Å². The molecule has 66 heavy (non-hydrogen) atoms. The number of ether oxygens (including phenoxy) is 5. The lowest BCUT2D eigenvalue weighted by Crippen LogP contribution is -2.81. The lowest BCUT2D eigenvalue weighted by Gasteiger charge is -2.63. The van der Waals surface area contributed by atoms with Gasteiger partial charge >= 0.3 is 17.9 Å². The van der Waals surface area contributed by atoms with E-state index < -0.39 is 46.6 Å². The molecule has 10 rings (SSSR count). The van der Waals surface area contributed by atoms with Gasteiger partial charge in [0, 0.05) is 110 Å². The number of carbonyl (C=O) groups is 3. The number of benzene rings is 2. The number of methoxy groups -OCH3 is 4. The molecule has 14 heteroatoms. The van der Waals surface area contributed by atoms with Gasteiger partial charge in [0.05, 0.1) is 27.4 Å². The fraction of sp³-hybridized carbons (Fsp3) is 0.596. The van der Waals surface area contributed by atoms with Crippen molar-refractivity contribution in [1.82, 2.24) is 19.7 Å². The first-order valence-corrected chi connectivity index (χ1v) is 24.1. The lowest BCUT2D eigenvalue weighted by atomic mass is 9.47. The highest BCUT2D eigenvalue weighted by atomic mass is 16.6. The maximum absolute atomic E-state index is 14.5. The second-order valence-electron chi connectivity index (χ2n) is 20.0. The van der Waals surface area contributed by atoms with Crippen molar-refractivity contribution < 1.29 is 43.2 Å². The zero-order valence-corrected chi connectivity index (χ0v) is 39.8. The molecule has 14 nitrogen and oxygen atoms in total. The second kappa shape index (κ2) is 16.8. The van der Waals surface area contributed by atoms with E-state index in [1.54, 1.807) is 7.11 Å². The molecule has 3 fully saturated rings. The maximum Gasteiger partial charge on any atom is 0.344 e. The number of hydrogen-bond acceptors (Lipinski definition) is 13. The van der Waals surface area contributed by atoms with Gasteiger partial charge in [-0.3, -0.25) is 24.3 Å². The van der Waals surface area contributed by atoms with Crippen LogP contribution in [-0.4, -0.2) is 153 Å². The van der Waals surface area contributed by atoms with Crippen LogP contribution in [-0.2, 0) is 45.2 Å².